The highest BCUT2D eigenvalue weighted by atomic mass is 35.6. The molecule has 0 fully saturated rings. The third kappa shape index (κ3) is 11.3. The van der Waals surface area contributed by atoms with Crippen molar-refractivity contribution in [2.45, 2.75) is 78.7 Å². The van der Waals surface area contributed by atoms with E-state index in [1.54, 1.807) is 0 Å². The van der Waals surface area contributed by atoms with Crippen LogP contribution in [0.3, 0.4) is 0 Å². The number of nitrogens with zero attached hydrogens (tertiary/aromatic N) is 3. The van der Waals surface area contributed by atoms with E-state index in [-0.39, 0.29) is 17.7 Å². The molecule has 1 heterocycles. The monoisotopic (exact) mass is 497 g/mol. The van der Waals surface area contributed by atoms with Gasteiger partial charge in [0, 0.05) is 0 Å². The fourth-order valence-corrected chi connectivity index (χ4v) is 2.93. The summed E-state index contributed by atoms with van der Waals surface area (Å²) in [5.41, 5.74) is 0. The summed E-state index contributed by atoms with van der Waals surface area (Å²) in [5, 5.41) is 0. The Kier molecular flexibility index (Phi) is 12.3. The lowest BCUT2D eigenvalue weighted by Crippen LogP contribution is -2.17. The second kappa shape index (κ2) is 13.0. The molecular formula is C17H25Cl6N3O. The molecule has 0 saturated carbocycles. The highest BCUT2D eigenvalue weighted by Crippen LogP contribution is 2.40. The van der Waals surface area contributed by atoms with Crippen molar-refractivity contribution in [2.24, 2.45) is 0 Å². The Bertz CT molecular complexity index is 516. The summed E-state index contributed by atoms with van der Waals surface area (Å²) in [4.78, 5) is 11.9. The largest absolute Gasteiger partial charge is 0.463 e. The minimum atomic E-state index is -1.87. The summed E-state index contributed by atoms with van der Waals surface area (Å²) >= 11 is 34.9. The van der Waals surface area contributed by atoms with Crippen LogP contribution in [-0.4, -0.2) is 21.6 Å². The van der Waals surface area contributed by atoms with Crippen molar-refractivity contribution >= 4 is 69.6 Å². The number of ether oxygens (including phenoxy) is 1. The van der Waals surface area contributed by atoms with Crippen LogP contribution in [0.2, 0.25) is 0 Å². The summed E-state index contributed by atoms with van der Waals surface area (Å²) in [6.45, 7) is 2.66. The zero-order valence-corrected chi connectivity index (χ0v) is 19.8. The van der Waals surface area contributed by atoms with E-state index in [1.807, 2.05) is 0 Å². The molecular weight excluding hydrogens is 475 g/mol. The molecule has 0 aromatic carbocycles. The minimum absolute atomic E-state index is 0.0245. The van der Waals surface area contributed by atoms with Gasteiger partial charge in [-0.1, -0.05) is 134 Å². The van der Waals surface area contributed by atoms with Gasteiger partial charge >= 0.3 is 6.01 Å². The van der Waals surface area contributed by atoms with E-state index in [4.69, 9.17) is 74.3 Å². The first-order chi connectivity index (χ1) is 12.6. The van der Waals surface area contributed by atoms with E-state index in [0.29, 0.717) is 6.61 Å². The normalized spacial score (nSPS) is 12.4. The minimum Gasteiger partial charge on any atom is -0.463 e. The van der Waals surface area contributed by atoms with Crippen molar-refractivity contribution in [1.82, 2.24) is 15.0 Å². The highest BCUT2D eigenvalue weighted by Gasteiger charge is 2.34. The van der Waals surface area contributed by atoms with Crippen LogP contribution in [0, 0.1) is 0 Å². The number of halogens is 6. The quantitative estimate of drug-likeness (QED) is 0.217. The van der Waals surface area contributed by atoms with E-state index in [2.05, 4.69) is 21.9 Å². The van der Waals surface area contributed by atoms with Crippen LogP contribution < -0.4 is 4.74 Å². The van der Waals surface area contributed by atoms with Gasteiger partial charge in [0.15, 0.2) is 11.6 Å². The van der Waals surface area contributed by atoms with Gasteiger partial charge in [-0.05, 0) is 6.42 Å². The van der Waals surface area contributed by atoms with Gasteiger partial charge in [0.25, 0.3) is 0 Å². The SMILES string of the molecule is CCCCCCCCCCCCOc1nc(C(Cl)(Cl)Cl)nc(C(Cl)(Cl)Cl)n1. The number of hydrogen-bond acceptors (Lipinski definition) is 4. The first-order valence-electron chi connectivity index (χ1n) is 9.18. The van der Waals surface area contributed by atoms with Crippen LogP contribution in [0.1, 0.15) is 82.8 Å². The molecule has 4 nitrogen and oxygen atoms in total. The summed E-state index contributed by atoms with van der Waals surface area (Å²) in [7, 11) is 0. The first-order valence-corrected chi connectivity index (χ1v) is 11.4. The lowest BCUT2D eigenvalue weighted by atomic mass is 10.1. The van der Waals surface area contributed by atoms with Crippen LogP contribution in [0.5, 0.6) is 6.01 Å². The Morgan fingerprint density at radius 1 is 0.630 bits per heavy atom. The van der Waals surface area contributed by atoms with Crippen molar-refractivity contribution in [1.29, 1.82) is 0 Å². The molecule has 1 aromatic rings. The van der Waals surface area contributed by atoms with Gasteiger partial charge in [-0.25, -0.2) is 4.98 Å². The number of aromatic nitrogens is 3. The van der Waals surface area contributed by atoms with Crippen LogP contribution in [-0.2, 0) is 7.59 Å². The predicted octanol–water partition coefficient (Wildman–Crippen LogP) is 7.82. The molecule has 0 unspecified atom stereocenters. The van der Waals surface area contributed by atoms with Crippen molar-refractivity contribution in [2.75, 3.05) is 6.61 Å². The fourth-order valence-electron chi connectivity index (χ4n) is 2.43. The average Bonchev–Trinajstić information content (AvgIpc) is 2.58. The first kappa shape index (κ1) is 25.6. The molecule has 27 heavy (non-hydrogen) atoms. The Balaban J connectivity index is 2.36. The highest BCUT2D eigenvalue weighted by molar-refractivity contribution is 6.67. The lowest BCUT2D eigenvalue weighted by molar-refractivity contribution is 0.278. The van der Waals surface area contributed by atoms with Crippen molar-refractivity contribution < 1.29 is 4.74 Å². The number of hydrogen-bond donors (Lipinski definition) is 0. The van der Waals surface area contributed by atoms with Gasteiger partial charge in [-0.3, -0.25) is 0 Å². The number of unbranched alkanes of at least 4 members (excludes halogenated alkanes) is 9. The molecule has 10 heteroatoms. The zero-order valence-electron chi connectivity index (χ0n) is 15.3. The van der Waals surface area contributed by atoms with E-state index in [1.165, 1.54) is 51.4 Å². The maximum Gasteiger partial charge on any atom is 0.320 e. The lowest BCUT2D eigenvalue weighted by Gasteiger charge is -2.15. The summed E-state index contributed by atoms with van der Waals surface area (Å²) in [6.07, 6.45) is 12.3. The van der Waals surface area contributed by atoms with Gasteiger partial charge in [-0.2, -0.15) is 9.97 Å². The Hall–Kier alpha value is 0.550. The number of rotatable bonds is 12. The van der Waals surface area contributed by atoms with Gasteiger partial charge in [0.05, 0.1) is 6.61 Å². The molecule has 0 aliphatic rings. The molecule has 0 aliphatic heterocycles. The third-order valence-electron chi connectivity index (χ3n) is 3.85. The second-order valence-corrected chi connectivity index (χ2v) is 10.9. The summed E-state index contributed by atoms with van der Waals surface area (Å²) < 4.78 is 1.79. The molecule has 0 radical (unpaired) electrons. The van der Waals surface area contributed by atoms with E-state index >= 15 is 0 Å². The maximum atomic E-state index is 5.82. The Morgan fingerprint density at radius 2 is 1.04 bits per heavy atom. The standard InChI is InChI=1S/C17H25Cl6N3O/c1-2-3-4-5-6-7-8-9-10-11-12-27-15-25-13(16(18,19)20)24-14(26-15)17(21,22)23/h2-12H2,1H3. The smallest absolute Gasteiger partial charge is 0.320 e. The molecule has 0 N–H and O–H groups in total. The van der Waals surface area contributed by atoms with Crippen molar-refractivity contribution in [3.8, 4) is 6.01 Å². The van der Waals surface area contributed by atoms with E-state index < -0.39 is 7.59 Å². The molecule has 0 atom stereocenters. The topological polar surface area (TPSA) is 47.9 Å². The summed E-state index contributed by atoms with van der Waals surface area (Å²) in [5.74, 6) is -0.302. The molecule has 1 rings (SSSR count). The maximum absolute atomic E-state index is 5.82. The van der Waals surface area contributed by atoms with E-state index in [0.717, 1.165) is 12.8 Å². The van der Waals surface area contributed by atoms with Gasteiger partial charge in [0.2, 0.25) is 7.59 Å². The molecule has 0 aliphatic carbocycles. The van der Waals surface area contributed by atoms with Gasteiger partial charge in [0.1, 0.15) is 0 Å². The second-order valence-electron chi connectivity index (χ2n) is 6.29. The molecule has 0 saturated heterocycles. The van der Waals surface area contributed by atoms with Crippen LogP contribution in [0.4, 0.5) is 0 Å². The van der Waals surface area contributed by atoms with Crippen molar-refractivity contribution in [3.63, 3.8) is 0 Å². The third-order valence-corrected chi connectivity index (χ3v) is 4.87. The van der Waals surface area contributed by atoms with Crippen LogP contribution >= 0.6 is 69.6 Å². The van der Waals surface area contributed by atoms with Gasteiger partial charge in [-0.15, -0.1) is 0 Å². The van der Waals surface area contributed by atoms with Crippen LogP contribution in [0.25, 0.3) is 0 Å². The van der Waals surface area contributed by atoms with E-state index in [9.17, 15) is 0 Å². The van der Waals surface area contributed by atoms with Gasteiger partial charge < -0.3 is 4.74 Å². The Labute approximate surface area is 191 Å². The average molecular weight is 500 g/mol. The van der Waals surface area contributed by atoms with Crippen molar-refractivity contribution in [3.05, 3.63) is 11.6 Å². The molecule has 0 bridgehead atoms. The predicted molar refractivity (Wildman–Crippen MR) is 116 cm³/mol. The fraction of sp³-hybridized carbons (Fsp3) is 0.824. The Morgan fingerprint density at radius 3 is 1.44 bits per heavy atom. The molecule has 0 spiro atoms. The summed E-state index contributed by atoms with van der Waals surface area (Å²) in [6, 6.07) is -0.0245. The molecule has 0 amide bonds. The van der Waals surface area contributed by atoms with Crippen LogP contribution in [0.15, 0.2) is 0 Å². The number of alkyl halides is 6. The zero-order chi connectivity index (χ0) is 20.3. The molecule has 156 valence electrons. The molecule has 1 aromatic heterocycles.